The molecule has 0 radical (unpaired) electrons. The van der Waals surface area contributed by atoms with E-state index < -0.39 is 36.8 Å². The van der Waals surface area contributed by atoms with Gasteiger partial charge in [-0.05, 0) is 24.3 Å². The first-order valence-electron chi connectivity index (χ1n) is 9.16. The van der Waals surface area contributed by atoms with Gasteiger partial charge in [0, 0.05) is 17.7 Å². The van der Waals surface area contributed by atoms with Gasteiger partial charge in [-0.2, -0.15) is 0 Å². The van der Waals surface area contributed by atoms with Gasteiger partial charge < -0.3 is 25.4 Å². The van der Waals surface area contributed by atoms with Crippen molar-refractivity contribution >= 4 is 23.3 Å². The van der Waals surface area contributed by atoms with Crippen molar-refractivity contribution in [3.63, 3.8) is 0 Å². The number of benzene rings is 2. The Morgan fingerprint density at radius 3 is 2.80 bits per heavy atom. The van der Waals surface area contributed by atoms with Crippen LogP contribution in [0, 0.1) is 5.82 Å². The fourth-order valence-electron chi connectivity index (χ4n) is 3.46. The second-order valence-electron chi connectivity index (χ2n) is 7.11. The van der Waals surface area contributed by atoms with E-state index >= 15 is 0 Å². The number of rotatable bonds is 4. The Kier molecular flexibility index (Phi) is 5.15. The van der Waals surface area contributed by atoms with Gasteiger partial charge in [-0.3, -0.25) is 4.79 Å². The summed E-state index contributed by atoms with van der Waals surface area (Å²) >= 11 is 0. The quantitative estimate of drug-likeness (QED) is 0.705. The van der Waals surface area contributed by atoms with Crippen LogP contribution in [-0.4, -0.2) is 37.5 Å². The molecule has 1 atom stereocenters. The molecule has 0 bridgehead atoms. The largest absolute Gasteiger partial charge is 0.482 e. The Balaban J connectivity index is 1.53. The van der Waals surface area contributed by atoms with Gasteiger partial charge in [0.2, 0.25) is 0 Å². The third-order valence-corrected chi connectivity index (χ3v) is 4.93. The predicted octanol–water partition coefficient (Wildman–Crippen LogP) is 3.48. The number of halogens is 3. The topological polar surface area (TPSA) is 88.7 Å². The average Bonchev–Trinajstić information content (AvgIpc) is 2.74. The van der Waals surface area contributed by atoms with Gasteiger partial charge in [-0.25, -0.2) is 18.0 Å². The lowest BCUT2D eigenvalue weighted by molar-refractivity contribution is -0.118. The zero-order chi connectivity index (χ0) is 21.3. The van der Waals surface area contributed by atoms with E-state index in [1.54, 1.807) is 12.1 Å². The molecule has 0 fully saturated rings. The highest BCUT2D eigenvalue weighted by Gasteiger charge is 2.43. The Morgan fingerprint density at radius 1 is 1.23 bits per heavy atom. The van der Waals surface area contributed by atoms with Crippen molar-refractivity contribution in [2.75, 3.05) is 30.6 Å². The molecule has 3 amide bonds. The number of carbonyl (C=O) groups is 2. The lowest BCUT2D eigenvalue weighted by Gasteiger charge is -2.39. The molecule has 2 aliphatic rings. The molecule has 30 heavy (non-hydrogen) atoms. The number of nitrogens with one attached hydrogen (secondary N) is 3. The maximum absolute atomic E-state index is 14.2. The summed E-state index contributed by atoms with van der Waals surface area (Å²) in [5.74, 6) is -0.905. The number of fused-ring (bicyclic) bond motifs is 2. The number of para-hydroxylation sites is 1. The van der Waals surface area contributed by atoms with Crippen molar-refractivity contribution in [3.05, 3.63) is 47.8 Å². The maximum Gasteiger partial charge on any atom is 0.319 e. The fraction of sp³-hybridized carbons (Fsp3) is 0.300. The molecule has 10 heteroatoms. The molecule has 2 aromatic rings. The van der Waals surface area contributed by atoms with Crippen molar-refractivity contribution in [1.82, 2.24) is 5.32 Å². The molecule has 2 heterocycles. The molecular weight excluding hydrogens is 403 g/mol. The smallest absolute Gasteiger partial charge is 0.319 e. The molecule has 0 saturated carbocycles. The number of hydrogen-bond acceptors (Lipinski definition) is 4. The Labute approximate surface area is 169 Å². The van der Waals surface area contributed by atoms with E-state index in [1.807, 2.05) is 0 Å². The second-order valence-corrected chi connectivity index (χ2v) is 7.11. The van der Waals surface area contributed by atoms with Crippen LogP contribution in [0.15, 0.2) is 36.4 Å². The third kappa shape index (κ3) is 3.72. The highest BCUT2D eigenvalue weighted by Crippen LogP contribution is 2.42. The van der Waals surface area contributed by atoms with Crippen LogP contribution in [0.2, 0.25) is 0 Å². The summed E-state index contributed by atoms with van der Waals surface area (Å²) in [5, 5.41) is 7.82. The Bertz CT molecular complexity index is 997. The van der Waals surface area contributed by atoms with Crippen LogP contribution in [0.3, 0.4) is 0 Å². The SMILES string of the molecule is O=C1COc2ccc(NC(=O)N[C@@H]3CC(CF)(CF)Oc4c(F)cccc43)cc2N1. The molecule has 7 nitrogen and oxygen atoms in total. The lowest BCUT2D eigenvalue weighted by Crippen LogP contribution is -2.49. The maximum atomic E-state index is 14.2. The second kappa shape index (κ2) is 7.77. The van der Waals surface area contributed by atoms with E-state index in [2.05, 4.69) is 16.0 Å². The van der Waals surface area contributed by atoms with Crippen LogP contribution >= 0.6 is 0 Å². The summed E-state index contributed by atoms with van der Waals surface area (Å²) in [7, 11) is 0. The minimum absolute atomic E-state index is 0.0924. The Morgan fingerprint density at radius 2 is 2.03 bits per heavy atom. The van der Waals surface area contributed by atoms with Gasteiger partial charge in [-0.15, -0.1) is 0 Å². The highest BCUT2D eigenvalue weighted by molar-refractivity contribution is 5.97. The van der Waals surface area contributed by atoms with Gasteiger partial charge in [0.15, 0.2) is 23.8 Å². The fourth-order valence-corrected chi connectivity index (χ4v) is 3.46. The number of carbonyl (C=O) groups excluding carboxylic acids is 2. The van der Waals surface area contributed by atoms with E-state index in [0.717, 1.165) is 6.07 Å². The third-order valence-electron chi connectivity index (χ3n) is 4.93. The standard InChI is InChI=1S/C20H18F3N3O4/c21-9-20(10-22)7-15(12-2-1-3-13(23)18(12)30-20)26-19(28)24-11-4-5-16-14(6-11)25-17(27)8-29-16/h1-6,15H,7-10H2,(H,25,27)(H2,24,26,28)/t15-/m1/s1. The summed E-state index contributed by atoms with van der Waals surface area (Å²) in [6.45, 7) is -2.45. The minimum atomic E-state index is -1.87. The molecular formula is C20H18F3N3O4. The number of hydrogen-bond donors (Lipinski definition) is 3. The molecule has 3 N–H and O–H groups in total. The molecule has 2 aliphatic heterocycles. The number of urea groups is 1. The average molecular weight is 421 g/mol. The first-order chi connectivity index (χ1) is 14.4. The molecule has 4 rings (SSSR count). The van der Waals surface area contributed by atoms with Crippen molar-refractivity contribution in [3.8, 4) is 11.5 Å². The highest BCUT2D eigenvalue weighted by atomic mass is 19.1. The molecule has 0 aliphatic carbocycles. The van der Waals surface area contributed by atoms with Gasteiger partial charge in [0.05, 0.1) is 11.7 Å². The van der Waals surface area contributed by atoms with Gasteiger partial charge in [0.1, 0.15) is 19.1 Å². The van der Waals surface area contributed by atoms with Crippen LogP contribution in [-0.2, 0) is 4.79 Å². The summed E-state index contributed by atoms with van der Waals surface area (Å²) in [4.78, 5) is 24.0. The Hall–Kier alpha value is -3.43. The van der Waals surface area contributed by atoms with Gasteiger partial charge >= 0.3 is 6.03 Å². The number of ether oxygens (including phenoxy) is 2. The van der Waals surface area contributed by atoms with Crippen molar-refractivity contribution < 1.29 is 32.2 Å². The van der Waals surface area contributed by atoms with E-state index in [-0.39, 0.29) is 30.2 Å². The van der Waals surface area contributed by atoms with E-state index in [0.29, 0.717) is 17.1 Å². The summed E-state index contributed by atoms with van der Waals surface area (Å²) in [6, 6.07) is 7.18. The number of alkyl halides is 2. The summed E-state index contributed by atoms with van der Waals surface area (Å²) in [6.07, 6.45) is -0.210. The predicted molar refractivity (Wildman–Crippen MR) is 102 cm³/mol. The van der Waals surface area contributed by atoms with Gasteiger partial charge in [-0.1, -0.05) is 12.1 Å². The van der Waals surface area contributed by atoms with Crippen LogP contribution in [0.25, 0.3) is 0 Å². The zero-order valence-corrected chi connectivity index (χ0v) is 15.6. The molecule has 0 unspecified atom stereocenters. The van der Waals surface area contributed by atoms with Crippen molar-refractivity contribution in [2.45, 2.75) is 18.1 Å². The molecule has 0 aromatic heterocycles. The normalized spacial score (nSPS) is 18.8. The van der Waals surface area contributed by atoms with Crippen molar-refractivity contribution in [2.24, 2.45) is 0 Å². The lowest BCUT2D eigenvalue weighted by atomic mass is 9.88. The van der Waals surface area contributed by atoms with Crippen LogP contribution in [0.1, 0.15) is 18.0 Å². The molecule has 0 saturated heterocycles. The van der Waals surface area contributed by atoms with E-state index in [1.165, 1.54) is 18.2 Å². The summed E-state index contributed by atoms with van der Waals surface area (Å²) in [5.41, 5.74) is -0.836. The van der Waals surface area contributed by atoms with Gasteiger partial charge in [0.25, 0.3) is 5.91 Å². The number of anilines is 2. The van der Waals surface area contributed by atoms with Crippen molar-refractivity contribution in [1.29, 1.82) is 0 Å². The monoisotopic (exact) mass is 421 g/mol. The first kappa shape index (κ1) is 19.9. The zero-order valence-electron chi connectivity index (χ0n) is 15.6. The minimum Gasteiger partial charge on any atom is -0.482 e. The summed E-state index contributed by atoms with van der Waals surface area (Å²) < 4.78 is 51.8. The van der Waals surface area contributed by atoms with E-state index in [4.69, 9.17) is 9.47 Å². The van der Waals surface area contributed by atoms with Crippen LogP contribution in [0.5, 0.6) is 11.5 Å². The molecule has 0 spiro atoms. The van der Waals surface area contributed by atoms with E-state index in [9.17, 15) is 22.8 Å². The van der Waals surface area contributed by atoms with Crippen LogP contribution < -0.4 is 25.4 Å². The van der Waals surface area contributed by atoms with Crippen LogP contribution in [0.4, 0.5) is 29.3 Å². The first-order valence-corrected chi connectivity index (χ1v) is 9.16. The molecule has 2 aromatic carbocycles. The number of amides is 3. The molecule has 158 valence electrons.